The molecule has 0 radical (unpaired) electrons. The van der Waals surface area contributed by atoms with Crippen molar-refractivity contribution in [2.75, 3.05) is 32.6 Å². The minimum absolute atomic E-state index is 0.0140. The fourth-order valence-corrected chi connectivity index (χ4v) is 4.07. The Kier molecular flexibility index (Phi) is 15.7. The van der Waals surface area contributed by atoms with Crippen LogP contribution in [0.1, 0.15) is 82.3 Å². The fraction of sp³-hybridized carbons (Fsp3) is 0.485. The van der Waals surface area contributed by atoms with Gasteiger partial charge in [-0.2, -0.15) is 0 Å². The molecule has 41 heavy (non-hydrogen) atoms. The molecule has 2 aromatic rings. The summed E-state index contributed by atoms with van der Waals surface area (Å²) in [6.45, 7) is 3.46. The summed E-state index contributed by atoms with van der Waals surface area (Å²) in [5.41, 5.74) is 2.47. The molecule has 0 fully saturated rings. The van der Waals surface area contributed by atoms with E-state index in [1.807, 2.05) is 12.1 Å². The molecule has 0 saturated heterocycles. The van der Waals surface area contributed by atoms with Gasteiger partial charge in [0.2, 0.25) is 11.8 Å². The number of carboxylic acid groups (broad SMARTS) is 1. The molecule has 8 heteroatoms. The lowest BCUT2D eigenvalue weighted by Crippen LogP contribution is -2.21. The Morgan fingerprint density at radius 3 is 2.32 bits per heavy atom. The van der Waals surface area contributed by atoms with Crippen molar-refractivity contribution in [1.82, 2.24) is 4.90 Å². The standard InChI is InChI=1S/C33H46N2O6/c1-4-5-9-23-40-29-19-15-26(16-20-29)12-8-6-7-10-24-41-30-21-18-28(25-27(30)17-22-33(38)39)34-31(36)13-11-14-32(37)35(2)3/h8,12,15-16,18-21,25H,4-7,9-11,13-14,17,22-24H2,1-3H3,(H,34,36)(H,38,39). The van der Waals surface area contributed by atoms with E-state index in [9.17, 15) is 14.4 Å². The molecule has 0 spiro atoms. The SMILES string of the molecule is CCCCCOc1ccc(C=CCCCCOc2ccc(NC(=O)CCCC(=O)N(C)C)cc2CCC(=O)O)cc1. The summed E-state index contributed by atoms with van der Waals surface area (Å²) in [6.07, 6.45) is 11.7. The average Bonchev–Trinajstić information content (AvgIpc) is 2.95. The van der Waals surface area contributed by atoms with Crippen LogP contribution in [0.25, 0.3) is 6.08 Å². The second kappa shape index (κ2) is 19.3. The van der Waals surface area contributed by atoms with Crippen LogP contribution < -0.4 is 14.8 Å². The van der Waals surface area contributed by atoms with Gasteiger partial charge in [-0.3, -0.25) is 14.4 Å². The molecule has 0 aromatic heterocycles. The number of rotatable bonds is 20. The molecule has 0 aliphatic carbocycles. The first-order valence-electron chi connectivity index (χ1n) is 14.7. The Morgan fingerprint density at radius 1 is 0.878 bits per heavy atom. The van der Waals surface area contributed by atoms with Crippen LogP contribution in [-0.2, 0) is 20.8 Å². The van der Waals surface area contributed by atoms with Crippen LogP contribution >= 0.6 is 0 Å². The normalized spacial score (nSPS) is 10.9. The smallest absolute Gasteiger partial charge is 0.303 e. The maximum absolute atomic E-state index is 12.3. The lowest BCUT2D eigenvalue weighted by molar-refractivity contribution is -0.137. The highest BCUT2D eigenvalue weighted by molar-refractivity contribution is 5.91. The van der Waals surface area contributed by atoms with Crippen LogP contribution in [-0.4, -0.2) is 55.1 Å². The first kappa shape index (κ1) is 33.4. The minimum Gasteiger partial charge on any atom is -0.494 e. The number of carboxylic acids is 1. The quantitative estimate of drug-likeness (QED) is 0.172. The molecule has 0 saturated carbocycles. The third-order valence-corrected chi connectivity index (χ3v) is 6.48. The summed E-state index contributed by atoms with van der Waals surface area (Å²) in [6, 6.07) is 13.4. The summed E-state index contributed by atoms with van der Waals surface area (Å²) in [4.78, 5) is 36.7. The van der Waals surface area contributed by atoms with Crippen molar-refractivity contribution in [2.24, 2.45) is 0 Å². The van der Waals surface area contributed by atoms with Gasteiger partial charge in [0.25, 0.3) is 0 Å². The van der Waals surface area contributed by atoms with Gasteiger partial charge in [0.05, 0.1) is 13.2 Å². The number of aliphatic carboxylic acids is 1. The largest absolute Gasteiger partial charge is 0.494 e. The van der Waals surface area contributed by atoms with Gasteiger partial charge in [0, 0.05) is 39.0 Å². The zero-order chi connectivity index (χ0) is 29.9. The lowest BCUT2D eigenvalue weighted by Gasteiger charge is -2.14. The highest BCUT2D eigenvalue weighted by atomic mass is 16.5. The summed E-state index contributed by atoms with van der Waals surface area (Å²) >= 11 is 0. The van der Waals surface area contributed by atoms with E-state index in [0.29, 0.717) is 37.3 Å². The van der Waals surface area contributed by atoms with Crippen molar-refractivity contribution >= 4 is 29.5 Å². The van der Waals surface area contributed by atoms with Gasteiger partial charge in [-0.25, -0.2) is 0 Å². The molecule has 224 valence electrons. The number of anilines is 1. The van der Waals surface area contributed by atoms with Gasteiger partial charge in [0.15, 0.2) is 0 Å². The summed E-state index contributed by atoms with van der Waals surface area (Å²) in [7, 11) is 3.38. The highest BCUT2D eigenvalue weighted by Gasteiger charge is 2.11. The second-order valence-corrected chi connectivity index (χ2v) is 10.3. The number of amides is 2. The zero-order valence-electron chi connectivity index (χ0n) is 24.8. The molecule has 0 unspecified atom stereocenters. The molecular weight excluding hydrogens is 520 g/mol. The Morgan fingerprint density at radius 2 is 1.61 bits per heavy atom. The van der Waals surface area contributed by atoms with Crippen molar-refractivity contribution in [3.05, 3.63) is 59.7 Å². The molecule has 0 aliphatic rings. The molecule has 0 aliphatic heterocycles. The van der Waals surface area contributed by atoms with Crippen LogP contribution in [0.3, 0.4) is 0 Å². The van der Waals surface area contributed by atoms with Crippen molar-refractivity contribution in [1.29, 1.82) is 0 Å². The number of hydrogen-bond acceptors (Lipinski definition) is 5. The Bertz CT molecular complexity index is 1110. The van der Waals surface area contributed by atoms with E-state index in [1.165, 1.54) is 17.7 Å². The summed E-state index contributed by atoms with van der Waals surface area (Å²) in [5.74, 6) is 0.446. The van der Waals surface area contributed by atoms with Crippen LogP contribution in [0.5, 0.6) is 11.5 Å². The third kappa shape index (κ3) is 14.4. The number of aryl methyl sites for hydroxylation is 1. The first-order chi connectivity index (χ1) is 19.8. The maximum Gasteiger partial charge on any atom is 0.303 e. The van der Waals surface area contributed by atoms with Gasteiger partial charge < -0.3 is 24.8 Å². The minimum atomic E-state index is -0.892. The first-order valence-corrected chi connectivity index (χ1v) is 14.7. The number of allylic oxidation sites excluding steroid dienone is 1. The number of nitrogens with one attached hydrogen (secondary N) is 1. The number of ether oxygens (including phenoxy) is 2. The number of nitrogens with zero attached hydrogens (tertiary/aromatic N) is 1. The fourth-order valence-electron chi connectivity index (χ4n) is 4.07. The number of benzene rings is 2. The predicted molar refractivity (Wildman–Crippen MR) is 163 cm³/mol. The average molecular weight is 567 g/mol. The van der Waals surface area contributed by atoms with Crippen molar-refractivity contribution in [3.63, 3.8) is 0 Å². The van der Waals surface area contributed by atoms with E-state index in [2.05, 4.69) is 36.5 Å². The van der Waals surface area contributed by atoms with E-state index in [0.717, 1.165) is 49.2 Å². The van der Waals surface area contributed by atoms with E-state index in [1.54, 1.807) is 32.3 Å². The van der Waals surface area contributed by atoms with Crippen molar-refractivity contribution in [3.8, 4) is 11.5 Å². The molecule has 0 atom stereocenters. The van der Waals surface area contributed by atoms with Gasteiger partial charge in [0.1, 0.15) is 11.5 Å². The molecule has 2 N–H and O–H groups in total. The lowest BCUT2D eigenvalue weighted by atomic mass is 10.1. The molecule has 2 amide bonds. The molecule has 2 aromatic carbocycles. The van der Waals surface area contributed by atoms with Crippen molar-refractivity contribution in [2.45, 2.75) is 77.6 Å². The number of unbranched alkanes of at least 4 members (excludes halogenated alkanes) is 4. The van der Waals surface area contributed by atoms with E-state index < -0.39 is 5.97 Å². The number of carbonyl (C=O) groups excluding carboxylic acids is 2. The molecule has 0 heterocycles. The second-order valence-electron chi connectivity index (χ2n) is 10.3. The van der Waals surface area contributed by atoms with Crippen LogP contribution in [0, 0.1) is 0 Å². The van der Waals surface area contributed by atoms with Crippen LogP contribution in [0.4, 0.5) is 5.69 Å². The predicted octanol–water partition coefficient (Wildman–Crippen LogP) is 6.73. The number of carbonyl (C=O) groups is 3. The van der Waals surface area contributed by atoms with Gasteiger partial charge >= 0.3 is 5.97 Å². The Hall–Kier alpha value is -3.81. The van der Waals surface area contributed by atoms with Gasteiger partial charge in [-0.1, -0.05) is 44.1 Å². The topological polar surface area (TPSA) is 105 Å². The zero-order valence-corrected chi connectivity index (χ0v) is 24.8. The number of hydrogen-bond donors (Lipinski definition) is 2. The van der Waals surface area contributed by atoms with E-state index >= 15 is 0 Å². The summed E-state index contributed by atoms with van der Waals surface area (Å²) < 4.78 is 11.7. The van der Waals surface area contributed by atoms with E-state index in [-0.39, 0.29) is 24.7 Å². The van der Waals surface area contributed by atoms with E-state index in [4.69, 9.17) is 14.6 Å². The molecule has 8 nitrogen and oxygen atoms in total. The molecule has 2 rings (SSSR count). The Balaban J connectivity index is 1.77. The van der Waals surface area contributed by atoms with Crippen LogP contribution in [0.2, 0.25) is 0 Å². The highest BCUT2D eigenvalue weighted by Crippen LogP contribution is 2.25. The molecular formula is C33H46N2O6. The summed E-state index contributed by atoms with van der Waals surface area (Å²) in [5, 5.41) is 12.0. The van der Waals surface area contributed by atoms with Crippen LogP contribution in [0.15, 0.2) is 48.5 Å². The maximum atomic E-state index is 12.3. The van der Waals surface area contributed by atoms with Gasteiger partial charge in [-0.15, -0.1) is 0 Å². The Labute approximate surface area is 244 Å². The third-order valence-electron chi connectivity index (χ3n) is 6.48. The van der Waals surface area contributed by atoms with Crippen molar-refractivity contribution < 1.29 is 29.0 Å². The van der Waals surface area contributed by atoms with Gasteiger partial charge in [-0.05, 0) is 80.0 Å². The molecule has 0 bridgehead atoms. The monoisotopic (exact) mass is 566 g/mol.